The molecule has 1 aliphatic carbocycles. The lowest BCUT2D eigenvalue weighted by Gasteiger charge is -2.52. The van der Waals surface area contributed by atoms with Gasteiger partial charge in [0.05, 0.1) is 31.3 Å². The van der Waals surface area contributed by atoms with E-state index >= 15 is 0 Å². The highest BCUT2D eigenvalue weighted by Gasteiger charge is 2.50. The Morgan fingerprint density at radius 3 is 2.62 bits per heavy atom. The zero-order chi connectivity index (χ0) is 24.3. The van der Waals surface area contributed by atoms with E-state index in [9.17, 15) is 20.0 Å². The molecule has 2 aliphatic rings. The lowest BCUT2D eigenvalue weighted by molar-refractivity contribution is -0.384. The van der Waals surface area contributed by atoms with Crippen LogP contribution in [0.3, 0.4) is 0 Å². The van der Waals surface area contributed by atoms with E-state index < -0.39 is 10.5 Å². The Morgan fingerprint density at radius 1 is 1.18 bits per heavy atom. The van der Waals surface area contributed by atoms with Gasteiger partial charge in [0, 0.05) is 41.9 Å². The summed E-state index contributed by atoms with van der Waals surface area (Å²) >= 11 is 0. The number of piperidine rings is 1. The van der Waals surface area contributed by atoms with Gasteiger partial charge in [0.1, 0.15) is 11.5 Å². The van der Waals surface area contributed by atoms with Crippen molar-refractivity contribution >= 4 is 17.3 Å². The molecule has 1 aliphatic heterocycles. The Morgan fingerprint density at radius 2 is 1.94 bits per heavy atom. The van der Waals surface area contributed by atoms with E-state index in [1.54, 1.807) is 14.2 Å². The van der Waals surface area contributed by atoms with E-state index in [2.05, 4.69) is 10.2 Å². The molecule has 2 aromatic rings. The number of hydrogen-bond acceptors (Lipinski definition) is 7. The monoisotopic (exact) mass is 469 g/mol. The van der Waals surface area contributed by atoms with Crippen LogP contribution < -0.4 is 14.8 Å². The molecule has 182 valence electrons. The largest absolute Gasteiger partial charge is 0.497 e. The van der Waals surface area contributed by atoms with Gasteiger partial charge in [0.15, 0.2) is 0 Å². The zero-order valence-corrected chi connectivity index (χ0v) is 19.5. The molecule has 1 heterocycles. The van der Waals surface area contributed by atoms with Gasteiger partial charge in [-0.05, 0) is 49.6 Å². The number of nitrogens with zero attached hydrogens (tertiary/aromatic N) is 2. The van der Waals surface area contributed by atoms with Gasteiger partial charge in [-0.25, -0.2) is 0 Å². The first-order chi connectivity index (χ1) is 16.3. The highest BCUT2D eigenvalue weighted by atomic mass is 16.6. The summed E-state index contributed by atoms with van der Waals surface area (Å²) in [7, 11) is 3.23. The lowest BCUT2D eigenvalue weighted by Crippen LogP contribution is -2.56. The number of anilines is 1. The summed E-state index contributed by atoms with van der Waals surface area (Å²) in [6.07, 6.45) is 4.24. The molecule has 2 fully saturated rings. The maximum absolute atomic E-state index is 13.0. The Balaban J connectivity index is 1.61. The third-order valence-electron chi connectivity index (χ3n) is 7.14. The summed E-state index contributed by atoms with van der Waals surface area (Å²) in [5.74, 6) is 1.13. The zero-order valence-electron chi connectivity index (χ0n) is 19.5. The quantitative estimate of drug-likeness (QED) is 0.467. The number of nitro benzene ring substituents is 1. The predicted molar refractivity (Wildman–Crippen MR) is 127 cm³/mol. The molecule has 1 saturated carbocycles. The van der Waals surface area contributed by atoms with Crippen molar-refractivity contribution in [3.63, 3.8) is 0 Å². The fourth-order valence-corrected chi connectivity index (χ4v) is 5.46. The van der Waals surface area contributed by atoms with E-state index in [0.29, 0.717) is 30.2 Å². The second-order valence-corrected chi connectivity index (χ2v) is 9.08. The molecule has 0 radical (unpaired) electrons. The summed E-state index contributed by atoms with van der Waals surface area (Å²) in [4.78, 5) is 25.5. The number of hydrogen-bond donors (Lipinski definition) is 2. The average molecular weight is 470 g/mol. The van der Waals surface area contributed by atoms with E-state index in [4.69, 9.17) is 9.47 Å². The van der Waals surface area contributed by atoms with Crippen molar-refractivity contribution in [2.45, 2.75) is 43.7 Å². The van der Waals surface area contributed by atoms with Gasteiger partial charge in [-0.2, -0.15) is 0 Å². The number of nitrogens with one attached hydrogen (secondary N) is 1. The molecule has 9 heteroatoms. The van der Waals surface area contributed by atoms with Gasteiger partial charge in [0.2, 0.25) is 5.91 Å². The predicted octanol–water partition coefficient (Wildman–Crippen LogP) is 3.92. The number of fused-ring (bicyclic) bond motifs is 1. The standard InChI is InChI=1S/C25H31N3O6/c1-33-19-10-11-22(34-2)20(15-19)24-21-5-3-4-12-25(21,30)13-14-27(24)16-23(29)26-17-6-8-18(9-7-17)28(31)32/h6-11,15,21,24,30H,3-5,12-14,16H2,1-2H3,(H,26,29)/t21-,24+,25-/m0/s1. The van der Waals surface area contributed by atoms with Gasteiger partial charge >= 0.3 is 0 Å². The smallest absolute Gasteiger partial charge is 0.269 e. The number of carbonyl (C=O) groups excluding carboxylic acids is 1. The van der Waals surface area contributed by atoms with Gasteiger partial charge < -0.3 is 19.9 Å². The molecule has 1 amide bonds. The number of non-ortho nitro benzene ring substituents is 1. The highest BCUT2D eigenvalue weighted by Crippen LogP contribution is 2.51. The minimum atomic E-state index is -0.775. The van der Waals surface area contributed by atoms with Gasteiger partial charge in [-0.1, -0.05) is 12.8 Å². The van der Waals surface area contributed by atoms with Crippen molar-refractivity contribution in [3.8, 4) is 11.5 Å². The fourth-order valence-electron chi connectivity index (χ4n) is 5.46. The van der Waals surface area contributed by atoms with Crippen molar-refractivity contribution < 1.29 is 24.3 Å². The molecule has 1 saturated heterocycles. The maximum Gasteiger partial charge on any atom is 0.269 e. The summed E-state index contributed by atoms with van der Waals surface area (Å²) in [5, 5.41) is 25.2. The minimum absolute atomic E-state index is 0.0317. The number of methoxy groups -OCH3 is 2. The van der Waals surface area contributed by atoms with Crippen LogP contribution in [0.5, 0.6) is 11.5 Å². The van der Waals surface area contributed by atoms with E-state index in [1.807, 2.05) is 18.2 Å². The molecule has 0 spiro atoms. The second-order valence-electron chi connectivity index (χ2n) is 9.08. The second kappa shape index (κ2) is 9.99. The van der Waals surface area contributed by atoms with E-state index in [-0.39, 0.29) is 30.1 Å². The lowest BCUT2D eigenvalue weighted by atomic mass is 9.66. The number of likely N-dealkylation sites (tertiary alicyclic amines) is 1. The molecule has 4 rings (SSSR count). The van der Waals surface area contributed by atoms with Crippen molar-refractivity contribution in [1.29, 1.82) is 0 Å². The Labute approximate surface area is 198 Å². The van der Waals surface area contributed by atoms with Gasteiger partial charge in [0.25, 0.3) is 5.69 Å². The van der Waals surface area contributed by atoms with Crippen LogP contribution in [0.2, 0.25) is 0 Å². The summed E-state index contributed by atoms with van der Waals surface area (Å²) < 4.78 is 11.1. The Kier molecular flexibility index (Phi) is 7.04. The third-order valence-corrected chi connectivity index (χ3v) is 7.14. The molecule has 9 nitrogen and oxygen atoms in total. The van der Waals surface area contributed by atoms with Crippen LogP contribution in [0.4, 0.5) is 11.4 Å². The Bertz CT molecular complexity index is 1040. The van der Waals surface area contributed by atoms with Crippen LogP contribution in [0, 0.1) is 16.0 Å². The van der Waals surface area contributed by atoms with E-state index in [1.165, 1.54) is 24.3 Å². The summed E-state index contributed by atoms with van der Waals surface area (Å²) in [6, 6.07) is 11.2. The molecule has 3 atom stereocenters. The van der Waals surface area contributed by atoms with Crippen LogP contribution in [0.25, 0.3) is 0 Å². The molecule has 0 aromatic heterocycles. The molecular weight excluding hydrogens is 438 g/mol. The molecule has 34 heavy (non-hydrogen) atoms. The van der Waals surface area contributed by atoms with Crippen LogP contribution in [0.15, 0.2) is 42.5 Å². The fraction of sp³-hybridized carbons (Fsp3) is 0.480. The van der Waals surface area contributed by atoms with Crippen molar-refractivity contribution in [2.24, 2.45) is 5.92 Å². The minimum Gasteiger partial charge on any atom is -0.497 e. The first-order valence-electron chi connectivity index (χ1n) is 11.6. The number of ether oxygens (including phenoxy) is 2. The third kappa shape index (κ3) is 4.85. The number of carbonyl (C=O) groups is 1. The molecule has 2 N–H and O–H groups in total. The molecule has 0 unspecified atom stereocenters. The van der Waals surface area contributed by atoms with Crippen LogP contribution in [-0.2, 0) is 4.79 Å². The number of amides is 1. The first-order valence-corrected chi connectivity index (χ1v) is 11.6. The van der Waals surface area contributed by atoms with Gasteiger partial charge in [-0.15, -0.1) is 0 Å². The average Bonchev–Trinajstić information content (AvgIpc) is 2.84. The van der Waals surface area contributed by atoms with Crippen LogP contribution in [0.1, 0.15) is 43.7 Å². The number of aliphatic hydroxyl groups is 1. The normalized spacial score (nSPS) is 24.7. The van der Waals surface area contributed by atoms with Crippen molar-refractivity contribution in [3.05, 3.63) is 58.1 Å². The van der Waals surface area contributed by atoms with Crippen molar-refractivity contribution in [2.75, 3.05) is 32.6 Å². The summed E-state index contributed by atoms with van der Waals surface area (Å²) in [5.41, 5.74) is 0.589. The van der Waals surface area contributed by atoms with E-state index in [0.717, 1.165) is 31.2 Å². The molecule has 2 aromatic carbocycles. The Hall–Kier alpha value is -3.17. The van der Waals surface area contributed by atoms with Crippen LogP contribution in [-0.4, -0.2) is 53.7 Å². The number of nitro groups is 1. The molecule has 0 bridgehead atoms. The van der Waals surface area contributed by atoms with Crippen LogP contribution >= 0.6 is 0 Å². The SMILES string of the molecule is COc1ccc(OC)c([C@@H]2[C@@H]3CCCC[C@]3(O)CCN2CC(=O)Nc2ccc([N+](=O)[O-])cc2)c1. The highest BCUT2D eigenvalue weighted by molar-refractivity contribution is 5.92. The first kappa shape index (κ1) is 24.0. The van der Waals surface area contributed by atoms with Crippen molar-refractivity contribution in [1.82, 2.24) is 4.90 Å². The maximum atomic E-state index is 13.0. The van der Waals surface area contributed by atoms with Gasteiger partial charge in [-0.3, -0.25) is 19.8 Å². The topological polar surface area (TPSA) is 114 Å². The molecular formula is C25H31N3O6. The summed E-state index contributed by atoms with van der Waals surface area (Å²) in [6.45, 7) is 0.681. The number of benzene rings is 2. The number of rotatable bonds is 7.